The second kappa shape index (κ2) is 3.52. The third-order valence-corrected chi connectivity index (χ3v) is 1.98. The van der Waals surface area contributed by atoms with E-state index in [1.165, 1.54) is 18.2 Å². The lowest BCUT2D eigenvalue weighted by Gasteiger charge is -1.96. The van der Waals surface area contributed by atoms with Crippen LogP contribution in [0, 0.1) is 11.3 Å². The molecule has 0 atom stereocenters. The first-order chi connectivity index (χ1) is 7.50. The zero-order valence-corrected chi connectivity index (χ0v) is 7.88. The van der Waals surface area contributed by atoms with Gasteiger partial charge in [-0.05, 0) is 17.7 Å². The molecule has 0 bridgehead atoms. The second-order valence-corrected chi connectivity index (χ2v) is 3.15. The van der Waals surface area contributed by atoms with Gasteiger partial charge in [-0.15, -0.1) is 0 Å². The molecule has 0 aliphatic rings. The molecule has 0 spiro atoms. The first kappa shape index (κ1) is 10.5. The van der Waals surface area contributed by atoms with Gasteiger partial charge in [-0.2, -0.15) is 18.4 Å². The molecule has 1 heterocycles. The van der Waals surface area contributed by atoms with Gasteiger partial charge in [0.15, 0.2) is 5.58 Å². The van der Waals surface area contributed by atoms with Crippen molar-refractivity contribution >= 4 is 11.1 Å². The summed E-state index contributed by atoms with van der Waals surface area (Å²) in [6.07, 6.45) is -4.46. The van der Waals surface area contributed by atoms with E-state index >= 15 is 0 Å². The van der Waals surface area contributed by atoms with Gasteiger partial charge in [0, 0.05) is 0 Å². The van der Waals surface area contributed by atoms with E-state index in [9.17, 15) is 13.2 Å². The maximum atomic E-state index is 12.3. The molecule has 6 heteroatoms. The van der Waals surface area contributed by atoms with E-state index in [4.69, 9.17) is 5.26 Å². The Morgan fingerprint density at radius 1 is 1.38 bits per heavy atom. The summed E-state index contributed by atoms with van der Waals surface area (Å²) in [6, 6.07) is 6.24. The molecule has 0 saturated heterocycles. The highest BCUT2D eigenvalue weighted by atomic mass is 19.4. The third kappa shape index (κ3) is 1.84. The fourth-order valence-electron chi connectivity index (χ4n) is 1.30. The zero-order valence-electron chi connectivity index (χ0n) is 7.88. The highest BCUT2D eigenvalue weighted by Gasteiger charge is 2.37. The number of oxazole rings is 1. The summed E-state index contributed by atoms with van der Waals surface area (Å²) < 4.78 is 41.3. The van der Waals surface area contributed by atoms with Gasteiger partial charge in [-0.1, -0.05) is 6.07 Å². The minimum atomic E-state index is -4.59. The highest BCUT2D eigenvalue weighted by molar-refractivity contribution is 5.73. The minimum absolute atomic E-state index is 0.0639. The van der Waals surface area contributed by atoms with Crippen molar-refractivity contribution in [2.24, 2.45) is 0 Å². The first-order valence-corrected chi connectivity index (χ1v) is 4.34. The van der Waals surface area contributed by atoms with Crippen LogP contribution in [0.5, 0.6) is 0 Å². The Balaban J connectivity index is 2.51. The third-order valence-electron chi connectivity index (χ3n) is 1.98. The molecule has 0 amide bonds. The summed E-state index contributed by atoms with van der Waals surface area (Å²) in [5.41, 5.74) is 0.783. The Bertz CT molecular complexity index is 565. The smallest absolute Gasteiger partial charge is 0.433 e. The normalized spacial score (nSPS) is 11.6. The van der Waals surface area contributed by atoms with E-state index in [0.29, 0.717) is 5.56 Å². The Morgan fingerprint density at radius 3 is 2.75 bits per heavy atom. The highest BCUT2D eigenvalue weighted by Crippen LogP contribution is 2.31. The van der Waals surface area contributed by atoms with E-state index < -0.39 is 12.1 Å². The Labute approximate surface area is 88.1 Å². The average molecular weight is 226 g/mol. The fourth-order valence-corrected chi connectivity index (χ4v) is 1.30. The van der Waals surface area contributed by atoms with Gasteiger partial charge in [0.25, 0.3) is 0 Å². The largest absolute Gasteiger partial charge is 0.468 e. The van der Waals surface area contributed by atoms with Gasteiger partial charge in [0.05, 0.1) is 12.5 Å². The monoisotopic (exact) mass is 226 g/mol. The molecular formula is C10H5F3N2O. The van der Waals surface area contributed by atoms with Gasteiger partial charge in [0.1, 0.15) is 5.52 Å². The van der Waals surface area contributed by atoms with Crippen molar-refractivity contribution in [3.05, 3.63) is 29.7 Å². The van der Waals surface area contributed by atoms with E-state index in [1.54, 1.807) is 0 Å². The van der Waals surface area contributed by atoms with Gasteiger partial charge >= 0.3 is 12.1 Å². The van der Waals surface area contributed by atoms with Crippen molar-refractivity contribution in [2.75, 3.05) is 0 Å². The number of rotatable bonds is 1. The Hall–Kier alpha value is -2.03. The molecule has 0 fully saturated rings. The molecule has 2 aromatic rings. The van der Waals surface area contributed by atoms with Crippen molar-refractivity contribution in [1.29, 1.82) is 5.26 Å². The van der Waals surface area contributed by atoms with E-state index in [0.717, 1.165) is 0 Å². The number of nitrogens with zero attached hydrogens (tertiary/aromatic N) is 2. The SMILES string of the molecule is N#CCc1ccc2oc(C(F)(F)F)nc2c1. The van der Waals surface area contributed by atoms with Crippen LogP contribution in [-0.2, 0) is 12.6 Å². The molecule has 1 aromatic heterocycles. The maximum Gasteiger partial charge on any atom is 0.468 e. The second-order valence-electron chi connectivity index (χ2n) is 3.15. The lowest BCUT2D eigenvalue weighted by Crippen LogP contribution is -2.04. The van der Waals surface area contributed by atoms with Crippen LogP contribution in [0.2, 0.25) is 0 Å². The summed E-state index contributed by atoms with van der Waals surface area (Å²) in [5.74, 6) is -1.27. The Kier molecular flexibility index (Phi) is 2.31. The van der Waals surface area contributed by atoms with E-state index in [2.05, 4.69) is 9.40 Å². The van der Waals surface area contributed by atoms with Crippen LogP contribution in [0.4, 0.5) is 13.2 Å². The number of fused-ring (bicyclic) bond motifs is 1. The molecule has 0 N–H and O–H groups in total. The molecule has 0 aliphatic heterocycles. The molecule has 3 nitrogen and oxygen atoms in total. The van der Waals surface area contributed by atoms with Gasteiger partial charge in [-0.25, -0.2) is 4.98 Å². The van der Waals surface area contributed by atoms with E-state index in [1.807, 2.05) is 6.07 Å². The van der Waals surface area contributed by atoms with Crippen LogP contribution in [-0.4, -0.2) is 4.98 Å². The lowest BCUT2D eigenvalue weighted by molar-refractivity contribution is -0.156. The number of benzene rings is 1. The van der Waals surface area contributed by atoms with E-state index in [-0.39, 0.29) is 17.5 Å². The predicted molar refractivity (Wildman–Crippen MR) is 48.3 cm³/mol. The van der Waals surface area contributed by atoms with Crippen LogP contribution in [0.25, 0.3) is 11.1 Å². The van der Waals surface area contributed by atoms with Crippen LogP contribution in [0.1, 0.15) is 11.5 Å². The van der Waals surface area contributed by atoms with Crippen molar-refractivity contribution < 1.29 is 17.6 Å². The number of hydrogen-bond acceptors (Lipinski definition) is 3. The molecule has 82 valence electrons. The summed E-state index contributed by atoms with van der Waals surface area (Å²) in [5, 5.41) is 8.45. The standard InChI is InChI=1S/C10H5F3N2O/c11-10(12,13)9-15-7-5-6(3-4-14)1-2-8(7)16-9/h1-2,5H,3H2. The summed E-state index contributed by atoms with van der Waals surface area (Å²) in [6.45, 7) is 0. The van der Waals surface area contributed by atoms with Gasteiger partial charge < -0.3 is 4.42 Å². The predicted octanol–water partition coefficient (Wildman–Crippen LogP) is 2.91. The summed E-state index contributed by atoms with van der Waals surface area (Å²) in [4.78, 5) is 3.33. The number of hydrogen-bond donors (Lipinski definition) is 0. The first-order valence-electron chi connectivity index (χ1n) is 4.34. The average Bonchev–Trinajstić information content (AvgIpc) is 2.60. The van der Waals surface area contributed by atoms with Crippen LogP contribution < -0.4 is 0 Å². The quantitative estimate of drug-likeness (QED) is 0.751. The minimum Gasteiger partial charge on any atom is -0.433 e. The van der Waals surface area contributed by atoms with Crippen molar-refractivity contribution in [1.82, 2.24) is 4.98 Å². The fraction of sp³-hybridized carbons (Fsp3) is 0.200. The number of nitriles is 1. The molecular weight excluding hydrogens is 221 g/mol. The number of halogens is 3. The molecule has 1 aromatic carbocycles. The van der Waals surface area contributed by atoms with Crippen molar-refractivity contribution in [2.45, 2.75) is 12.6 Å². The molecule has 0 saturated carbocycles. The van der Waals surface area contributed by atoms with Crippen LogP contribution in [0.3, 0.4) is 0 Å². The van der Waals surface area contributed by atoms with Crippen LogP contribution >= 0.6 is 0 Å². The molecule has 0 radical (unpaired) electrons. The van der Waals surface area contributed by atoms with Gasteiger partial charge in [-0.3, -0.25) is 0 Å². The van der Waals surface area contributed by atoms with Crippen molar-refractivity contribution in [3.8, 4) is 6.07 Å². The summed E-state index contributed by atoms with van der Waals surface area (Å²) >= 11 is 0. The topological polar surface area (TPSA) is 49.8 Å². The maximum absolute atomic E-state index is 12.3. The molecule has 0 aliphatic carbocycles. The zero-order chi connectivity index (χ0) is 11.8. The number of aromatic nitrogens is 1. The lowest BCUT2D eigenvalue weighted by atomic mass is 10.1. The Morgan fingerprint density at radius 2 is 2.12 bits per heavy atom. The molecule has 2 rings (SSSR count). The van der Waals surface area contributed by atoms with Crippen molar-refractivity contribution in [3.63, 3.8) is 0 Å². The van der Waals surface area contributed by atoms with Gasteiger partial charge in [0.2, 0.25) is 0 Å². The molecule has 0 unspecified atom stereocenters. The molecule has 16 heavy (non-hydrogen) atoms. The number of alkyl halides is 3. The van der Waals surface area contributed by atoms with Crippen LogP contribution in [0.15, 0.2) is 22.6 Å². The summed E-state index contributed by atoms with van der Waals surface area (Å²) in [7, 11) is 0.